The molecule has 3 aliphatic rings. The molecule has 1 aromatic heterocycles. The van der Waals surface area contributed by atoms with Gasteiger partial charge in [0, 0.05) is 47.5 Å². The van der Waals surface area contributed by atoms with E-state index in [-0.39, 0.29) is 36.3 Å². The van der Waals surface area contributed by atoms with E-state index in [1.807, 2.05) is 24.3 Å². The zero-order valence-corrected chi connectivity index (χ0v) is 21.7. The van der Waals surface area contributed by atoms with Crippen LogP contribution in [0.1, 0.15) is 17.5 Å². The first-order valence-electron chi connectivity index (χ1n) is 11.7. The van der Waals surface area contributed by atoms with Crippen molar-refractivity contribution in [2.45, 2.75) is 18.4 Å². The molecule has 0 N–H and O–H groups in total. The first-order chi connectivity index (χ1) is 17.1. The molecule has 2 aromatic carbocycles. The number of aromatic nitrogens is 1. The number of amides is 1. The molecule has 0 radical (unpaired) electrons. The van der Waals surface area contributed by atoms with Crippen LogP contribution in [0.25, 0.3) is 10.8 Å². The van der Waals surface area contributed by atoms with Crippen molar-refractivity contribution >= 4 is 53.8 Å². The third kappa shape index (κ3) is 3.82. The van der Waals surface area contributed by atoms with Crippen molar-refractivity contribution in [3.05, 3.63) is 71.0 Å². The van der Waals surface area contributed by atoms with Gasteiger partial charge in [0.15, 0.2) is 9.84 Å². The van der Waals surface area contributed by atoms with Crippen LogP contribution in [0, 0.1) is 5.92 Å². The van der Waals surface area contributed by atoms with Crippen molar-refractivity contribution in [3.63, 3.8) is 0 Å². The van der Waals surface area contributed by atoms with Gasteiger partial charge in [-0.25, -0.2) is 16.8 Å². The zero-order valence-electron chi connectivity index (χ0n) is 19.3. The number of rotatable bonds is 4. The molecule has 4 heterocycles. The Balaban J connectivity index is 1.39. The SMILES string of the molecule is O=C1N(c2cncc3ccccc23)CCC12CN(S(=O)(=O)CC1CS(=O)(=O)C1)Cc1ccc(Cl)cc12. The molecule has 1 amide bonds. The Labute approximate surface area is 214 Å². The lowest BCUT2D eigenvalue weighted by atomic mass is 9.74. The van der Waals surface area contributed by atoms with E-state index in [1.165, 1.54) is 4.31 Å². The summed E-state index contributed by atoms with van der Waals surface area (Å²) in [7, 11) is -6.94. The summed E-state index contributed by atoms with van der Waals surface area (Å²) < 4.78 is 51.4. The molecule has 1 atom stereocenters. The number of carbonyl (C=O) groups excluding carboxylic acids is 1. The van der Waals surface area contributed by atoms with Gasteiger partial charge >= 0.3 is 0 Å². The minimum atomic E-state index is -3.80. The predicted molar refractivity (Wildman–Crippen MR) is 138 cm³/mol. The van der Waals surface area contributed by atoms with Gasteiger partial charge in [-0.1, -0.05) is 41.9 Å². The molecule has 0 aliphatic carbocycles. The van der Waals surface area contributed by atoms with Crippen LogP contribution in [0.3, 0.4) is 0 Å². The number of carbonyl (C=O) groups is 1. The highest BCUT2D eigenvalue weighted by atomic mass is 35.5. The third-order valence-corrected chi connectivity index (χ3v) is 11.7. The lowest BCUT2D eigenvalue weighted by Gasteiger charge is -2.41. The average molecular weight is 546 g/mol. The minimum absolute atomic E-state index is 0.00429. The van der Waals surface area contributed by atoms with Crippen molar-refractivity contribution in [2.75, 3.05) is 35.2 Å². The van der Waals surface area contributed by atoms with E-state index in [0.29, 0.717) is 23.7 Å². The first-order valence-corrected chi connectivity index (χ1v) is 15.5. The summed E-state index contributed by atoms with van der Waals surface area (Å²) in [6.07, 6.45) is 3.85. The normalized spacial score (nSPS) is 24.2. The molecule has 1 unspecified atom stereocenters. The van der Waals surface area contributed by atoms with Crippen LogP contribution in [-0.2, 0) is 36.6 Å². The Morgan fingerprint density at radius 3 is 2.67 bits per heavy atom. The summed E-state index contributed by atoms with van der Waals surface area (Å²) in [4.78, 5) is 20.2. The number of hydrogen-bond donors (Lipinski definition) is 0. The summed E-state index contributed by atoms with van der Waals surface area (Å²) in [6, 6.07) is 13.0. The molecule has 0 saturated carbocycles. The monoisotopic (exact) mass is 545 g/mol. The van der Waals surface area contributed by atoms with Crippen molar-refractivity contribution in [1.29, 1.82) is 0 Å². The third-order valence-electron chi connectivity index (χ3n) is 7.55. The summed E-state index contributed by atoms with van der Waals surface area (Å²) >= 11 is 6.34. The number of sulfone groups is 1. The van der Waals surface area contributed by atoms with E-state index in [1.54, 1.807) is 35.5 Å². The fourth-order valence-corrected chi connectivity index (χ4v) is 9.68. The highest BCUT2D eigenvalue weighted by Gasteiger charge is 2.54. The number of benzene rings is 2. The topological polar surface area (TPSA) is 105 Å². The number of anilines is 1. The lowest BCUT2D eigenvalue weighted by Crippen LogP contribution is -2.54. The van der Waals surface area contributed by atoms with Gasteiger partial charge in [0.1, 0.15) is 0 Å². The number of pyridine rings is 1. The maximum atomic E-state index is 14.2. The fourth-order valence-electron chi connectivity index (χ4n) is 5.84. The average Bonchev–Trinajstić information content (AvgIpc) is 3.13. The number of fused-ring (bicyclic) bond motifs is 3. The van der Waals surface area contributed by atoms with Crippen molar-refractivity contribution in [2.24, 2.45) is 5.92 Å². The molecular formula is C25H24ClN3O5S2. The maximum Gasteiger partial charge on any atom is 0.239 e. The van der Waals surface area contributed by atoms with Gasteiger partial charge in [0.05, 0.1) is 34.6 Å². The lowest BCUT2D eigenvalue weighted by molar-refractivity contribution is -0.122. The molecule has 6 rings (SSSR count). The molecule has 3 aliphatic heterocycles. The zero-order chi connectivity index (χ0) is 25.3. The molecule has 8 nitrogen and oxygen atoms in total. The van der Waals surface area contributed by atoms with Crippen LogP contribution >= 0.6 is 11.6 Å². The van der Waals surface area contributed by atoms with Crippen LogP contribution < -0.4 is 4.90 Å². The van der Waals surface area contributed by atoms with E-state index in [0.717, 1.165) is 21.9 Å². The molecular weight excluding hydrogens is 522 g/mol. The van der Waals surface area contributed by atoms with Gasteiger partial charge in [-0.15, -0.1) is 0 Å². The van der Waals surface area contributed by atoms with E-state index < -0.39 is 31.2 Å². The molecule has 36 heavy (non-hydrogen) atoms. The minimum Gasteiger partial charge on any atom is -0.309 e. The van der Waals surface area contributed by atoms with Crippen molar-refractivity contribution in [3.8, 4) is 0 Å². The summed E-state index contributed by atoms with van der Waals surface area (Å²) in [6.45, 7) is 0.532. The first kappa shape index (κ1) is 23.8. The predicted octanol–water partition coefficient (Wildman–Crippen LogP) is 2.75. The van der Waals surface area contributed by atoms with E-state index in [4.69, 9.17) is 11.6 Å². The number of nitrogens with zero attached hydrogens (tertiary/aromatic N) is 3. The van der Waals surface area contributed by atoms with Crippen LogP contribution in [0.5, 0.6) is 0 Å². The standard InChI is InChI=1S/C25H24ClN3O5S2/c26-20-6-5-19-12-28(36(33,34)15-17-13-35(31,32)14-17)16-25(22(19)9-20)7-8-29(24(25)30)23-11-27-10-18-3-1-2-4-21(18)23/h1-6,9-11,17H,7-8,12-16H2. The molecule has 0 bridgehead atoms. The number of sulfonamides is 1. The van der Waals surface area contributed by atoms with Gasteiger partial charge in [-0.3, -0.25) is 9.78 Å². The van der Waals surface area contributed by atoms with Gasteiger partial charge in [-0.2, -0.15) is 4.31 Å². The quantitative estimate of drug-likeness (QED) is 0.499. The highest BCUT2D eigenvalue weighted by molar-refractivity contribution is 7.93. The van der Waals surface area contributed by atoms with Crippen LogP contribution in [-0.4, -0.2) is 62.4 Å². The Morgan fingerprint density at radius 1 is 1.11 bits per heavy atom. The number of halogens is 1. The van der Waals surface area contributed by atoms with E-state index in [9.17, 15) is 21.6 Å². The molecule has 3 aromatic rings. The van der Waals surface area contributed by atoms with Crippen molar-refractivity contribution in [1.82, 2.24) is 9.29 Å². The second-order valence-electron chi connectivity index (χ2n) is 9.96. The second-order valence-corrected chi connectivity index (χ2v) is 14.6. The Morgan fingerprint density at radius 2 is 1.89 bits per heavy atom. The van der Waals surface area contributed by atoms with Crippen LogP contribution in [0.2, 0.25) is 5.02 Å². The molecule has 1 spiro atoms. The van der Waals surface area contributed by atoms with Gasteiger partial charge in [0.25, 0.3) is 0 Å². The van der Waals surface area contributed by atoms with Gasteiger partial charge in [0.2, 0.25) is 15.9 Å². The summed E-state index contributed by atoms with van der Waals surface area (Å²) in [5.74, 6) is -1.07. The second kappa shape index (κ2) is 8.24. The molecule has 188 valence electrons. The highest BCUT2D eigenvalue weighted by Crippen LogP contribution is 2.46. The molecule has 2 saturated heterocycles. The van der Waals surface area contributed by atoms with Crippen molar-refractivity contribution < 1.29 is 21.6 Å². The van der Waals surface area contributed by atoms with E-state index >= 15 is 0 Å². The Hall–Kier alpha value is -2.53. The number of hydrogen-bond acceptors (Lipinski definition) is 6. The molecule has 11 heteroatoms. The van der Waals surface area contributed by atoms with Gasteiger partial charge < -0.3 is 4.90 Å². The van der Waals surface area contributed by atoms with Crippen LogP contribution in [0.4, 0.5) is 5.69 Å². The summed E-state index contributed by atoms with van der Waals surface area (Å²) in [5, 5.41) is 2.30. The largest absolute Gasteiger partial charge is 0.309 e. The summed E-state index contributed by atoms with van der Waals surface area (Å²) in [5.41, 5.74) is 1.10. The Kier molecular flexibility index (Phi) is 5.46. The van der Waals surface area contributed by atoms with E-state index in [2.05, 4.69) is 4.98 Å². The smallest absolute Gasteiger partial charge is 0.239 e. The Bertz CT molecular complexity index is 1610. The molecule has 2 fully saturated rings. The van der Waals surface area contributed by atoms with Gasteiger partial charge in [-0.05, 0) is 29.7 Å². The maximum absolute atomic E-state index is 14.2. The fraction of sp³-hybridized carbons (Fsp3) is 0.360. The van der Waals surface area contributed by atoms with Crippen LogP contribution in [0.15, 0.2) is 54.9 Å².